The number of amides is 1. The number of rotatable bonds is 4. The molecule has 1 atom stereocenters. The van der Waals surface area contributed by atoms with Crippen LogP contribution in [-0.2, 0) is 17.6 Å². The first kappa shape index (κ1) is 15.2. The summed E-state index contributed by atoms with van der Waals surface area (Å²) in [5.74, 6) is 0.771. The summed E-state index contributed by atoms with van der Waals surface area (Å²) in [6.45, 7) is 4.98. The van der Waals surface area contributed by atoms with Gasteiger partial charge in [-0.2, -0.15) is 0 Å². The molecule has 1 unspecified atom stereocenters. The minimum atomic E-state index is 0.0912. The fourth-order valence-electron chi connectivity index (χ4n) is 2.66. The molecule has 0 bridgehead atoms. The maximum absolute atomic E-state index is 12.3. The smallest absolute Gasteiger partial charge is 0.223 e. The van der Waals surface area contributed by atoms with Crippen LogP contribution in [0.2, 0.25) is 0 Å². The van der Waals surface area contributed by atoms with Gasteiger partial charge in [-0.15, -0.1) is 11.3 Å². The molecule has 0 saturated carbocycles. The second-order valence-corrected chi connectivity index (χ2v) is 7.29. The summed E-state index contributed by atoms with van der Waals surface area (Å²) in [6, 6.07) is 3.96. The fraction of sp³-hybridized carbons (Fsp3) is 0.471. The molecule has 0 aromatic carbocycles. The molecule has 4 nitrogen and oxygen atoms in total. The Balaban J connectivity index is 1.71. The number of fused-ring (bicyclic) bond motifs is 1. The predicted octanol–water partition coefficient (Wildman–Crippen LogP) is 3.08. The van der Waals surface area contributed by atoms with E-state index in [0.29, 0.717) is 5.92 Å². The number of carbonyl (C=O) groups excluding carboxylic acids is 1. The number of pyridine rings is 1. The highest BCUT2D eigenvalue weighted by atomic mass is 32.1. The molecule has 1 aliphatic rings. The van der Waals surface area contributed by atoms with Crippen LogP contribution in [-0.4, -0.2) is 22.4 Å². The van der Waals surface area contributed by atoms with Gasteiger partial charge in [-0.05, 0) is 37.3 Å². The van der Waals surface area contributed by atoms with Crippen molar-refractivity contribution < 1.29 is 4.79 Å². The molecule has 116 valence electrons. The monoisotopic (exact) mass is 315 g/mol. The lowest BCUT2D eigenvalue weighted by Gasteiger charge is -2.21. The zero-order chi connectivity index (χ0) is 15.5. The SMILES string of the molecule is CC(C)CNC(=O)C1CCc2nc(-c3cccnc3)sc2C1. The quantitative estimate of drug-likeness (QED) is 0.943. The normalized spacial score (nSPS) is 17.3. The van der Waals surface area contributed by atoms with Crippen LogP contribution in [0, 0.1) is 11.8 Å². The fourth-order valence-corrected chi connectivity index (χ4v) is 3.84. The van der Waals surface area contributed by atoms with Crippen molar-refractivity contribution in [2.45, 2.75) is 33.1 Å². The zero-order valence-electron chi connectivity index (χ0n) is 13.0. The van der Waals surface area contributed by atoms with Crippen LogP contribution < -0.4 is 5.32 Å². The first-order valence-corrected chi connectivity index (χ1v) is 8.62. The standard InChI is InChI=1S/C17H21N3OS/c1-11(2)9-19-16(21)12-5-6-14-15(8-12)22-17(20-14)13-4-3-7-18-10-13/h3-4,7,10-12H,5-6,8-9H2,1-2H3,(H,19,21). The van der Waals surface area contributed by atoms with Gasteiger partial charge in [0.05, 0.1) is 5.69 Å². The van der Waals surface area contributed by atoms with E-state index in [1.807, 2.05) is 18.3 Å². The summed E-state index contributed by atoms with van der Waals surface area (Å²) in [5, 5.41) is 4.07. The first-order valence-electron chi connectivity index (χ1n) is 7.80. The second-order valence-electron chi connectivity index (χ2n) is 6.21. The van der Waals surface area contributed by atoms with Crippen molar-refractivity contribution in [1.29, 1.82) is 0 Å². The van der Waals surface area contributed by atoms with Gasteiger partial charge in [0.1, 0.15) is 5.01 Å². The third kappa shape index (κ3) is 3.35. The highest BCUT2D eigenvalue weighted by molar-refractivity contribution is 7.15. The average Bonchev–Trinajstić information content (AvgIpc) is 2.96. The average molecular weight is 315 g/mol. The van der Waals surface area contributed by atoms with Crippen molar-refractivity contribution in [3.05, 3.63) is 35.1 Å². The maximum atomic E-state index is 12.3. The summed E-state index contributed by atoms with van der Waals surface area (Å²) in [7, 11) is 0. The van der Waals surface area contributed by atoms with E-state index in [9.17, 15) is 4.79 Å². The minimum Gasteiger partial charge on any atom is -0.356 e. The van der Waals surface area contributed by atoms with E-state index in [1.165, 1.54) is 4.88 Å². The third-order valence-electron chi connectivity index (χ3n) is 3.90. The molecular weight excluding hydrogens is 294 g/mol. The number of nitrogens with one attached hydrogen (secondary N) is 1. The van der Waals surface area contributed by atoms with E-state index >= 15 is 0 Å². The molecule has 0 aliphatic heterocycles. The van der Waals surface area contributed by atoms with Crippen LogP contribution >= 0.6 is 11.3 Å². The van der Waals surface area contributed by atoms with Crippen molar-refractivity contribution in [3.63, 3.8) is 0 Å². The highest BCUT2D eigenvalue weighted by Crippen LogP contribution is 2.34. The van der Waals surface area contributed by atoms with Crippen LogP contribution in [0.4, 0.5) is 0 Å². The topological polar surface area (TPSA) is 54.9 Å². The minimum absolute atomic E-state index is 0.0912. The molecule has 2 aromatic heterocycles. The Hall–Kier alpha value is -1.75. The Morgan fingerprint density at radius 2 is 2.36 bits per heavy atom. The van der Waals surface area contributed by atoms with Crippen molar-refractivity contribution in [2.75, 3.05) is 6.54 Å². The second kappa shape index (κ2) is 6.57. The van der Waals surface area contributed by atoms with Gasteiger partial charge in [0.15, 0.2) is 0 Å². The number of thiazole rings is 1. The van der Waals surface area contributed by atoms with Gasteiger partial charge >= 0.3 is 0 Å². The Kier molecular flexibility index (Phi) is 4.52. The largest absolute Gasteiger partial charge is 0.356 e. The number of aromatic nitrogens is 2. The maximum Gasteiger partial charge on any atom is 0.223 e. The first-order chi connectivity index (χ1) is 10.6. The van der Waals surface area contributed by atoms with Gasteiger partial charge in [-0.1, -0.05) is 13.8 Å². The van der Waals surface area contributed by atoms with E-state index in [2.05, 4.69) is 24.1 Å². The molecule has 1 amide bonds. The molecule has 0 saturated heterocycles. The van der Waals surface area contributed by atoms with E-state index in [0.717, 1.165) is 42.1 Å². The lowest BCUT2D eigenvalue weighted by molar-refractivity contribution is -0.125. The van der Waals surface area contributed by atoms with E-state index in [1.54, 1.807) is 17.5 Å². The van der Waals surface area contributed by atoms with Crippen LogP contribution in [0.25, 0.3) is 10.6 Å². The molecule has 1 aliphatic carbocycles. The van der Waals surface area contributed by atoms with Crippen LogP contribution in [0.3, 0.4) is 0 Å². The number of nitrogens with zero attached hydrogens (tertiary/aromatic N) is 2. The number of hydrogen-bond acceptors (Lipinski definition) is 4. The van der Waals surface area contributed by atoms with E-state index < -0.39 is 0 Å². The Morgan fingerprint density at radius 1 is 1.50 bits per heavy atom. The molecule has 0 fully saturated rings. The summed E-state index contributed by atoms with van der Waals surface area (Å²) in [5.41, 5.74) is 2.22. The molecule has 0 spiro atoms. The molecule has 2 heterocycles. The molecule has 22 heavy (non-hydrogen) atoms. The summed E-state index contributed by atoms with van der Waals surface area (Å²) >= 11 is 1.70. The van der Waals surface area contributed by atoms with Crippen molar-refractivity contribution in [2.24, 2.45) is 11.8 Å². The van der Waals surface area contributed by atoms with Gasteiger partial charge in [0.2, 0.25) is 5.91 Å². The van der Waals surface area contributed by atoms with Crippen molar-refractivity contribution in [3.8, 4) is 10.6 Å². The lowest BCUT2D eigenvalue weighted by atomic mass is 9.90. The molecule has 3 rings (SSSR count). The van der Waals surface area contributed by atoms with Gasteiger partial charge in [0, 0.05) is 35.3 Å². The molecule has 1 N–H and O–H groups in total. The highest BCUT2D eigenvalue weighted by Gasteiger charge is 2.27. The molecule has 0 radical (unpaired) electrons. The van der Waals surface area contributed by atoms with Crippen LogP contribution in [0.15, 0.2) is 24.5 Å². The number of aryl methyl sites for hydroxylation is 1. The summed E-state index contributed by atoms with van der Waals surface area (Å²) in [4.78, 5) is 22.4. The summed E-state index contributed by atoms with van der Waals surface area (Å²) < 4.78 is 0. The van der Waals surface area contributed by atoms with Gasteiger partial charge in [-0.3, -0.25) is 9.78 Å². The van der Waals surface area contributed by atoms with Gasteiger partial charge in [-0.25, -0.2) is 4.98 Å². The van der Waals surface area contributed by atoms with Crippen LogP contribution in [0.5, 0.6) is 0 Å². The third-order valence-corrected chi connectivity index (χ3v) is 5.07. The Labute approximate surface area is 135 Å². The molecule has 2 aromatic rings. The van der Waals surface area contributed by atoms with E-state index in [-0.39, 0.29) is 11.8 Å². The lowest BCUT2D eigenvalue weighted by Crippen LogP contribution is -2.35. The van der Waals surface area contributed by atoms with Crippen molar-refractivity contribution in [1.82, 2.24) is 15.3 Å². The van der Waals surface area contributed by atoms with Crippen molar-refractivity contribution >= 4 is 17.2 Å². The zero-order valence-corrected chi connectivity index (χ0v) is 13.8. The van der Waals surface area contributed by atoms with E-state index in [4.69, 9.17) is 4.98 Å². The molecular formula is C17H21N3OS. The molecule has 5 heteroatoms. The number of carbonyl (C=O) groups is 1. The van der Waals surface area contributed by atoms with Gasteiger partial charge < -0.3 is 5.32 Å². The Bertz CT molecular complexity index is 651. The summed E-state index contributed by atoms with van der Waals surface area (Å²) in [6.07, 6.45) is 6.22. The predicted molar refractivity (Wildman–Crippen MR) is 88.7 cm³/mol. The Morgan fingerprint density at radius 3 is 3.09 bits per heavy atom. The van der Waals surface area contributed by atoms with Gasteiger partial charge in [0.25, 0.3) is 0 Å². The number of hydrogen-bond donors (Lipinski definition) is 1. The van der Waals surface area contributed by atoms with Crippen LogP contribution in [0.1, 0.15) is 30.8 Å².